The van der Waals surface area contributed by atoms with Gasteiger partial charge in [0.05, 0.1) is 12.7 Å². The standard InChI is InChI=1S/C13H18N4OS/c1-8-4-11(19-9(8)2)6-15-13(18)12(14)10-5-16-17(3)7-10/h4-5,7,12H,6,14H2,1-3H3,(H,15,18). The maximum Gasteiger partial charge on any atom is 0.241 e. The summed E-state index contributed by atoms with van der Waals surface area (Å²) >= 11 is 1.70. The molecule has 0 fully saturated rings. The number of nitrogens with two attached hydrogens (primary N) is 1. The van der Waals surface area contributed by atoms with Crippen molar-refractivity contribution in [2.24, 2.45) is 12.8 Å². The van der Waals surface area contributed by atoms with E-state index in [1.54, 1.807) is 35.5 Å². The van der Waals surface area contributed by atoms with Crippen LogP contribution in [0.25, 0.3) is 0 Å². The minimum absolute atomic E-state index is 0.184. The molecule has 1 amide bonds. The fourth-order valence-corrected chi connectivity index (χ4v) is 2.77. The molecule has 0 saturated carbocycles. The molecule has 0 aliphatic carbocycles. The molecule has 0 aliphatic heterocycles. The van der Waals surface area contributed by atoms with E-state index in [4.69, 9.17) is 5.73 Å². The summed E-state index contributed by atoms with van der Waals surface area (Å²) in [5, 5.41) is 6.87. The zero-order chi connectivity index (χ0) is 14.0. The van der Waals surface area contributed by atoms with Gasteiger partial charge in [0.15, 0.2) is 0 Å². The Morgan fingerprint density at radius 2 is 2.32 bits per heavy atom. The van der Waals surface area contributed by atoms with Gasteiger partial charge in [-0.2, -0.15) is 5.10 Å². The van der Waals surface area contributed by atoms with Gasteiger partial charge in [0.2, 0.25) is 5.91 Å². The van der Waals surface area contributed by atoms with E-state index in [1.807, 2.05) is 0 Å². The van der Waals surface area contributed by atoms with Crippen molar-refractivity contribution in [3.8, 4) is 0 Å². The second-order valence-corrected chi connectivity index (χ2v) is 5.94. The van der Waals surface area contributed by atoms with E-state index < -0.39 is 6.04 Å². The molecule has 19 heavy (non-hydrogen) atoms. The number of nitrogens with one attached hydrogen (secondary N) is 1. The molecule has 5 nitrogen and oxygen atoms in total. The molecule has 0 radical (unpaired) electrons. The zero-order valence-electron chi connectivity index (χ0n) is 11.3. The van der Waals surface area contributed by atoms with Gasteiger partial charge >= 0.3 is 0 Å². The predicted molar refractivity (Wildman–Crippen MR) is 75.8 cm³/mol. The van der Waals surface area contributed by atoms with Crippen molar-refractivity contribution >= 4 is 17.2 Å². The average Bonchev–Trinajstić information content (AvgIpc) is 2.93. The summed E-state index contributed by atoms with van der Waals surface area (Å²) in [4.78, 5) is 14.4. The van der Waals surface area contributed by atoms with Crippen LogP contribution in [-0.4, -0.2) is 15.7 Å². The second kappa shape index (κ2) is 5.54. The second-order valence-electron chi connectivity index (χ2n) is 4.59. The molecular weight excluding hydrogens is 260 g/mol. The summed E-state index contributed by atoms with van der Waals surface area (Å²) in [6.45, 7) is 4.66. The molecule has 0 spiro atoms. The maximum atomic E-state index is 11.9. The molecule has 1 unspecified atom stereocenters. The zero-order valence-corrected chi connectivity index (χ0v) is 12.1. The third kappa shape index (κ3) is 3.21. The maximum absolute atomic E-state index is 11.9. The van der Waals surface area contributed by atoms with E-state index >= 15 is 0 Å². The van der Waals surface area contributed by atoms with Gasteiger partial charge < -0.3 is 11.1 Å². The number of carbonyl (C=O) groups excluding carboxylic acids is 1. The number of hydrogen-bond donors (Lipinski definition) is 2. The van der Waals surface area contributed by atoms with Gasteiger partial charge in [-0.3, -0.25) is 9.48 Å². The molecule has 0 aliphatic rings. The fourth-order valence-electron chi connectivity index (χ4n) is 1.77. The third-order valence-electron chi connectivity index (χ3n) is 3.02. The van der Waals surface area contributed by atoms with Crippen LogP contribution in [0.3, 0.4) is 0 Å². The van der Waals surface area contributed by atoms with E-state index in [9.17, 15) is 4.79 Å². The van der Waals surface area contributed by atoms with Gasteiger partial charge in [-0.05, 0) is 25.5 Å². The van der Waals surface area contributed by atoms with Crippen molar-refractivity contribution in [3.05, 3.63) is 39.3 Å². The van der Waals surface area contributed by atoms with Gasteiger partial charge in [-0.1, -0.05) is 0 Å². The van der Waals surface area contributed by atoms with Crippen LogP contribution in [0.15, 0.2) is 18.5 Å². The average molecular weight is 278 g/mol. The molecule has 0 aromatic carbocycles. The first-order valence-corrected chi connectivity index (χ1v) is 6.86. The molecule has 6 heteroatoms. The smallest absolute Gasteiger partial charge is 0.241 e. The van der Waals surface area contributed by atoms with Gasteiger partial charge in [0, 0.05) is 28.6 Å². The van der Waals surface area contributed by atoms with Crippen LogP contribution in [0, 0.1) is 13.8 Å². The van der Waals surface area contributed by atoms with Crippen LogP contribution in [-0.2, 0) is 18.4 Å². The molecule has 0 bridgehead atoms. The number of carbonyl (C=O) groups is 1. The van der Waals surface area contributed by atoms with E-state index in [2.05, 4.69) is 30.3 Å². The Labute approximate surface area is 116 Å². The number of rotatable bonds is 4. The highest BCUT2D eigenvalue weighted by atomic mass is 32.1. The number of hydrogen-bond acceptors (Lipinski definition) is 4. The normalized spacial score (nSPS) is 12.4. The largest absolute Gasteiger partial charge is 0.350 e. The number of amides is 1. The highest BCUT2D eigenvalue weighted by Gasteiger charge is 2.17. The number of aromatic nitrogens is 2. The SMILES string of the molecule is Cc1cc(CNC(=O)C(N)c2cnn(C)c2)sc1C. The summed E-state index contributed by atoms with van der Waals surface area (Å²) < 4.78 is 1.63. The molecule has 2 aromatic heterocycles. The van der Waals surface area contributed by atoms with Crippen molar-refractivity contribution in [1.82, 2.24) is 15.1 Å². The van der Waals surface area contributed by atoms with Gasteiger partial charge in [0.1, 0.15) is 6.04 Å². The van der Waals surface area contributed by atoms with Crippen molar-refractivity contribution in [2.45, 2.75) is 26.4 Å². The summed E-state index contributed by atoms with van der Waals surface area (Å²) in [6.07, 6.45) is 3.37. The fraction of sp³-hybridized carbons (Fsp3) is 0.385. The first-order chi connectivity index (χ1) is 8.97. The van der Waals surface area contributed by atoms with Crippen LogP contribution in [0.1, 0.15) is 26.9 Å². The summed E-state index contributed by atoms with van der Waals surface area (Å²) in [7, 11) is 1.80. The lowest BCUT2D eigenvalue weighted by molar-refractivity contribution is -0.122. The Bertz CT molecular complexity index is 568. The van der Waals surface area contributed by atoms with E-state index in [0.29, 0.717) is 6.54 Å². The molecule has 2 aromatic rings. The lowest BCUT2D eigenvalue weighted by Crippen LogP contribution is -2.33. The predicted octanol–water partition coefficient (Wildman–Crippen LogP) is 1.41. The van der Waals surface area contributed by atoms with Crippen molar-refractivity contribution in [1.29, 1.82) is 0 Å². The van der Waals surface area contributed by atoms with Gasteiger partial charge in [-0.15, -0.1) is 11.3 Å². The highest BCUT2D eigenvalue weighted by Crippen LogP contribution is 2.20. The molecule has 2 rings (SSSR count). The highest BCUT2D eigenvalue weighted by molar-refractivity contribution is 7.12. The van der Waals surface area contributed by atoms with Crippen LogP contribution in [0.4, 0.5) is 0 Å². The Kier molecular flexibility index (Phi) is 4.01. The molecular formula is C13H18N4OS. The molecule has 0 saturated heterocycles. The summed E-state index contributed by atoms with van der Waals surface area (Å²) in [6, 6.07) is 1.42. The van der Waals surface area contributed by atoms with Gasteiger partial charge in [-0.25, -0.2) is 0 Å². The summed E-state index contributed by atoms with van der Waals surface area (Å²) in [5.74, 6) is -0.184. The Balaban J connectivity index is 1.94. The Morgan fingerprint density at radius 3 is 2.84 bits per heavy atom. The van der Waals surface area contributed by atoms with Crippen LogP contribution in [0.2, 0.25) is 0 Å². The molecule has 3 N–H and O–H groups in total. The lowest BCUT2D eigenvalue weighted by Gasteiger charge is -2.09. The topological polar surface area (TPSA) is 72.9 Å². The van der Waals surface area contributed by atoms with Crippen LogP contribution < -0.4 is 11.1 Å². The van der Waals surface area contributed by atoms with Crippen molar-refractivity contribution in [2.75, 3.05) is 0 Å². The number of thiophene rings is 1. The Hall–Kier alpha value is -1.66. The first-order valence-electron chi connectivity index (χ1n) is 6.05. The van der Waals surface area contributed by atoms with E-state index in [0.717, 1.165) is 10.4 Å². The molecule has 1 atom stereocenters. The minimum atomic E-state index is -0.671. The summed E-state index contributed by atoms with van der Waals surface area (Å²) in [5.41, 5.74) is 7.87. The minimum Gasteiger partial charge on any atom is -0.350 e. The van der Waals surface area contributed by atoms with Crippen LogP contribution in [0.5, 0.6) is 0 Å². The first kappa shape index (κ1) is 13.8. The van der Waals surface area contributed by atoms with Crippen molar-refractivity contribution in [3.63, 3.8) is 0 Å². The van der Waals surface area contributed by atoms with E-state index in [-0.39, 0.29) is 5.91 Å². The monoisotopic (exact) mass is 278 g/mol. The number of nitrogens with zero attached hydrogens (tertiary/aromatic N) is 2. The molecule has 2 heterocycles. The molecule has 102 valence electrons. The number of aryl methyl sites for hydroxylation is 3. The van der Waals surface area contributed by atoms with Crippen LogP contribution >= 0.6 is 11.3 Å². The van der Waals surface area contributed by atoms with E-state index in [1.165, 1.54) is 10.4 Å². The lowest BCUT2D eigenvalue weighted by atomic mass is 10.1. The Morgan fingerprint density at radius 1 is 1.58 bits per heavy atom. The quantitative estimate of drug-likeness (QED) is 0.888. The third-order valence-corrected chi connectivity index (χ3v) is 4.17. The van der Waals surface area contributed by atoms with Gasteiger partial charge in [0.25, 0.3) is 0 Å². The van der Waals surface area contributed by atoms with Crippen molar-refractivity contribution < 1.29 is 4.79 Å².